The van der Waals surface area contributed by atoms with Crippen LogP contribution < -0.4 is 5.32 Å². The van der Waals surface area contributed by atoms with Gasteiger partial charge in [0.25, 0.3) is 11.6 Å². The van der Waals surface area contributed by atoms with Gasteiger partial charge in [0.15, 0.2) is 0 Å². The fraction of sp³-hybridized carbons (Fsp3) is 0.0435. The lowest BCUT2D eigenvalue weighted by atomic mass is 10.1. The summed E-state index contributed by atoms with van der Waals surface area (Å²) >= 11 is 0. The lowest BCUT2D eigenvalue weighted by molar-refractivity contribution is -0.383. The van der Waals surface area contributed by atoms with Crippen LogP contribution in [0.3, 0.4) is 0 Å². The number of carbonyl (C=O) groups is 1. The van der Waals surface area contributed by atoms with Crippen LogP contribution in [0.2, 0.25) is 0 Å². The minimum absolute atomic E-state index is 0.151. The van der Waals surface area contributed by atoms with Gasteiger partial charge >= 0.3 is 0 Å². The van der Waals surface area contributed by atoms with Crippen LogP contribution >= 0.6 is 0 Å². The van der Waals surface area contributed by atoms with E-state index in [-0.39, 0.29) is 11.4 Å². The maximum atomic E-state index is 12.6. The molecule has 7 nitrogen and oxygen atoms in total. The van der Waals surface area contributed by atoms with E-state index in [0.29, 0.717) is 5.56 Å². The SMILES string of the molecule is Cc1cc(-c2ccccc2)n(-c2ccc(C(=O)Nc3ccccc3[N+](=O)[O-])cc2)n1. The van der Waals surface area contributed by atoms with E-state index in [4.69, 9.17) is 0 Å². The van der Waals surface area contributed by atoms with Crippen molar-refractivity contribution in [2.45, 2.75) is 6.92 Å². The number of hydrogen-bond acceptors (Lipinski definition) is 4. The number of anilines is 1. The van der Waals surface area contributed by atoms with Gasteiger partial charge in [-0.2, -0.15) is 5.10 Å². The van der Waals surface area contributed by atoms with Crippen LogP contribution in [0.4, 0.5) is 11.4 Å². The van der Waals surface area contributed by atoms with E-state index >= 15 is 0 Å². The summed E-state index contributed by atoms with van der Waals surface area (Å²) in [6.07, 6.45) is 0. The minimum Gasteiger partial charge on any atom is -0.316 e. The molecule has 0 bridgehead atoms. The minimum atomic E-state index is -0.524. The molecule has 4 aromatic rings. The Morgan fingerprint density at radius 2 is 1.63 bits per heavy atom. The van der Waals surface area contributed by atoms with Gasteiger partial charge in [-0.05, 0) is 43.3 Å². The van der Waals surface area contributed by atoms with E-state index < -0.39 is 10.8 Å². The van der Waals surface area contributed by atoms with Crippen molar-refractivity contribution in [2.24, 2.45) is 0 Å². The molecule has 0 aliphatic rings. The van der Waals surface area contributed by atoms with Gasteiger partial charge in [-0.25, -0.2) is 4.68 Å². The Morgan fingerprint density at radius 3 is 2.33 bits per heavy atom. The van der Waals surface area contributed by atoms with Crippen LogP contribution in [0.5, 0.6) is 0 Å². The zero-order valence-corrected chi connectivity index (χ0v) is 16.1. The summed E-state index contributed by atoms with van der Waals surface area (Å²) in [5.74, 6) is -0.421. The van der Waals surface area contributed by atoms with Crippen molar-refractivity contribution in [1.82, 2.24) is 9.78 Å². The Labute approximate surface area is 172 Å². The molecule has 4 rings (SSSR count). The molecule has 0 atom stereocenters. The Balaban J connectivity index is 1.60. The highest BCUT2D eigenvalue weighted by Crippen LogP contribution is 2.25. The number of nitro benzene ring substituents is 1. The number of benzene rings is 3. The van der Waals surface area contributed by atoms with Crippen molar-refractivity contribution in [3.05, 3.63) is 106 Å². The molecular formula is C23H18N4O3. The second-order valence-electron chi connectivity index (χ2n) is 6.72. The second-order valence-corrected chi connectivity index (χ2v) is 6.72. The summed E-state index contributed by atoms with van der Waals surface area (Å²) in [4.78, 5) is 23.2. The molecule has 7 heteroatoms. The number of rotatable bonds is 5. The molecule has 0 aliphatic carbocycles. The second kappa shape index (κ2) is 8.00. The average Bonchev–Trinajstić information content (AvgIpc) is 3.16. The first-order valence-electron chi connectivity index (χ1n) is 9.30. The predicted molar refractivity (Wildman–Crippen MR) is 115 cm³/mol. The fourth-order valence-corrected chi connectivity index (χ4v) is 3.20. The number of nitro groups is 1. The van der Waals surface area contributed by atoms with Crippen LogP contribution in [-0.4, -0.2) is 20.6 Å². The number of carbonyl (C=O) groups excluding carboxylic acids is 1. The average molecular weight is 398 g/mol. The van der Waals surface area contributed by atoms with E-state index in [0.717, 1.165) is 22.6 Å². The van der Waals surface area contributed by atoms with Gasteiger partial charge < -0.3 is 5.32 Å². The lowest BCUT2D eigenvalue weighted by Gasteiger charge is -2.09. The summed E-state index contributed by atoms with van der Waals surface area (Å²) in [7, 11) is 0. The maximum Gasteiger partial charge on any atom is 0.292 e. The largest absolute Gasteiger partial charge is 0.316 e. The van der Waals surface area contributed by atoms with E-state index in [2.05, 4.69) is 10.4 Å². The smallest absolute Gasteiger partial charge is 0.292 e. The van der Waals surface area contributed by atoms with Crippen LogP contribution in [-0.2, 0) is 0 Å². The van der Waals surface area contributed by atoms with Crippen molar-refractivity contribution in [1.29, 1.82) is 0 Å². The molecule has 1 heterocycles. The number of hydrogen-bond donors (Lipinski definition) is 1. The molecule has 0 saturated carbocycles. The first-order valence-corrected chi connectivity index (χ1v) is 9.30. The van der Waals surface area contributed by atoms with Gasteiger partial charge in [0.1, 0.15) is 5.69 Å². The number of amides is 1. The molecule has 1 amide bonds. The Kier molecular flexibility index (Phi) is 5.09. The molecule has 0 aliphatic heterocycles. The van der Waals surface area contributed by atoms with Gasteiger partial charge in [0.2, 0.25) is 0 Å². The maximum absolute atomic E-state index is 12.6. The van der Waals surface area contributed by atoms with E-state index in [1.807, 2.05) is 48.0 Å². The predicted octanol–water partition coefficient (Wildman–Crippen LogP) is 5.01. The van der Waals surface area contributed by atoms with Crippen LogP contribution in [0.1, 0.15) is 16.1 Å². The van der Waals surface area contributed by atoms with Gasteiger partial charge in [-0.3, -0.25) is 14.9 Å². The van der Waals surface area contributed by atoms with Gasteiger partial charge in [-0.1, -0.05) is 42.5 Å². The highest BCUT2D eigenvalue weighted by molar-refractivity contribution is 6.05. The first-order chi connectivity index (χ1) is 14.5. The zero-order chi connectivity index (χ0) is 21.1. The topological polar surface area (TPSA) is 90.1 Å². The zero-order valence-electron chi connectivity index (χ0n) is 16.1. The molecule has 0 fully saturated rings. The van der Waals surface area contributed by atoms with Gasteiger partial charge in [0.05, 0.1) is 22.0 Å². The Hall–Kier alpha value is -4.26. The molecular weight excluding hydrogens is 380 g/mol. The third kappa shape index (κ3) is 3.81. The molecule has 1 N–H and O–H groups in total. The molecule has 1 aromatic heterocycles. The third-order valence-electron chi connectivity index (χ3n) is 4.62. The monoisotopic (exact) mass is 398 g/mol. The van der Waals surface area contributed by atoms with Crippen molar-refractivity contribution < 1.29 is 9.72 Å². The summed E-state index contributed by atoms with van der Waals surface area (Å²) in [5, 5.41) is 18.3. The number of aromatic nitrogens is 2. The Bertz CT molecular complexity index is 1210. The molecule has 0 unspecified atom stereocenters. The summed E-state index contributed by atoms with van der Waals surface area (Å²) in [6, 6.07) is 24.9. The molecule has 30 heavy (non-hydrogen) atoms. The van der Waals surface area contributed by atoms with Crippen molar-refractivity contribution >= 4 is 17.3 Å². The number of nitrogens with zero attached hydrogens (tertiary/aromatic N) is 3. The fourth-order valence-electron chi connectivity index (χ4n) is 3.20. The van der Waals surface area contributed by atoms with Gasteiger partial charge in [-0.15, -0.1) is 0 Å². The summed E-state index contributed by atoms with van der Waals surface area (Å²) in [5.41, 5.74) is 4.08. The normalized spacial score (nSPS) is 10.6. The molecule has 148 valence electrons. The third-order valence-corrected chi connectivity index (χ3v) is 4.62. The lowest BCUT2D eigenvalue weighted by Crippen LogP contribution is -2.13. The van der Waals surface area contributed by atoms with E-state index in [9.17, 15) is 14.9 Å². The number of aryl methyl sites for hydroxylation is 1. The molecule has 0 radical (unpaired) electrons. The van der Waals surface area contributed by atoms with Crippen molar-refractivity contribution in [2.75, 3.05) is 5.32 Å². The van der Waals surface area contributed by atoms with Crippen molar-refractivity contribution in [3.63, 3.8) is 0 Å². The molecule has 0 spiro atoms. The first kappa shape index (κ1) is 19.1. The number of nitrogens with one attached hydrogen (secondary N) is 1. The van der Waals surface area contributed by atoms with Gasteiger partial charge in [0, 0.05) is 17.2 Å². The standard InChI is InChI=1S/C23H18N4O3/c1-16-15-22(17-7-3-2-4-8-17)26(25-16)19-13-11-18(12-14-19)23(28)24-20-9-5-6-10-21(20)27(29)30/h2-15H,1H3,(H,24,28). The number of para-hydroxylation sites is 2. The summed E-state index contributed by atoms with van der Waals surface area (Å²) in [6.45, 7) is 1.93. The van der Waals surface area contributed by atoms with E-state index in [1.165, 1.54) is 12.1 Å². The van der Waals surface area contributed by atoms with Crippen molar-refractivity contribution in [3.8, 4) is 16.9 Å². The van der Waals surface area contributed by atoms with E-state index in [1.54, 1.807) is 36.4 Å². The van der Waals surface area contributed by atoms with Crippen LogP contribution in [0, 0.1) is 17.0 Å². The van der Waals surface area contributed by atoms with Crippen LogP contribution in [0.15, 0.2) is 84.9 Å². The molecule has 3 aromatic carbocycles. The highest BCUT2D eigenvalue weighted by Gasteiger charge is 2.16. The summed E-state index contributed by atoms with van der Waals surface area (Å²) < 4.78 is 1.83. The van der Waals surface area contributed by atoms with Crippen LogP contribution in [0.25, 0.3) is 16.9 Å². The molecule has 0 saturated heterocycles. The quantitative estimate of drug-likeness (QED) is 0.378. The Morgan fingerprint density at radius 1 is 0.967 bits per heavy atom. The highest BCUT2D eigenvalue weighted by atomic mass is 16.6.